The Balaban J connectivity index is 1.89. The lowest BCUT2D eigenvalue weighted by molar-refractivity contribution is 0.628. The van der Waals surface area contributed by atoms with E-state index in [1.54, 1.807) is 24.5 Å². The minimum atomic E-state index is -0.277. The van der Waals surface area contributed by atoms with Gasteiger partial charge >= 0.3 is 0 Å². The van der Waals surface area contributed by atoms with E-state index < -0.39 is 0 Å². The number of hydrogen-bond donors (Lipinski definition) is 1. The zero-order chi connectivity index (χ0) is 18.1. The molecule has 0 aliphatic carbocycles. The lowest BCUT2D eigenvalue weighted by atomic mass is 10.1. The van der Waals surface area contributed by atoms with Crippen LogP contribution >= 0.6 is 23.8 Å². The van der Waals surface area contributed by atoms with Gasteiger partial charge in [-0.15, -0.1) is 0 Å². The number of H-pyrrole nitrogens is 1. The van der Waals surface area contributed by atoms with Crippen LogP contribution in [0.25, 0.3) is 16.9 Å². The van der Waals surface area contributed by atoms with Crippen LogP contribution in [-0.2, 0) is 6.54 Å². The van der Waals surface area contributed by atoms with Crippen LogP contribution in [0.5, 0.6) is 0 Å². The van der Waals surface area contributed by atoms with Gasteiger partial charge in [-0.3, -0.25) is 4.57 Å². The first kappa shape index (κ1) is 16.8. The van der Waals surface area contributed by atoms with Crippen LogP contribution in [0, 0.1) is 10.6 Å². The zero-order valence-corrected chi connectivity index (χ0v) is 15.1. The smallest absolute Gasteiger partial charge is 0.185 e. The number of rotatable bonds is 4. The maximum atomic E-state index is 13.3. The van der Waals surface area contributed by atoms with Crippen LogP contribution in [0.15, 0.2) is 67.1 Å². The largest absolute Gasteiger partial charge is 0.347 e. The molecule has 2 heterocycles. The second kappa shape index (κ2) is 6.90. The van der Waals surface area contributed by atoms with Gasteiger partial charge in [0.15, 0.2) is 4.77 Å². The van der Waals surface area contributed by atoms with Gasteiger partial charge in [0.05, 0.1) is 12.2 Å². The Morgan fingerprint density at radius 1 is 1.08 bits per heavy atom. The van der Waals surface area contributed by atoms with Crippen LogP contribution in [0.1, 0.15) is 5.82 Å². The molecule has 2 aromatic carbocycles. The summed E-state index contributed by atoms with van der Waals surface area (Å²) in [5, 5.41) is 0.651. The van der Waals surface area contributed by atoms with E-state index >= 15 is 0 Å². The maximum Gasteiger partial charge on any atom is 0.185 e. The SMILES string of the molecule is Fc1ccc(-c2cn(Cc3ncc[nH]3)c(=S)n2-c2ccc(Cl)cc2)cc1. The first-order valence-corrected chi connectivity index (χ1v) is 8.73. The number of imidazole rings is 2. The number of halogens is 2. The van der Waals surface area contributed by atoms with Gasteiger partial charge < -0.3 is 9.55 Å². The van der Waals surface area contributed by atoms with Gasteiger partial charge in [0.25, 0.3) is 0 Å². The monoisotopic (exact) mass is 384 g/mol. The molecule has 0 saturated heterocycles. The first-order valence-electron chi connectivity index (χ1n) is 7.94. The summed E-state index contributed by atoms with van der Waals surface area (Å²) in [4.78, 5) is 7.34. The summed E-state index contributed by atoms with van der Waals surface area (Å²) >= 11 is 11.7. The summed E-state index contributed by atoms with van der Waals surface area (Å²) in [5.74, 6) is 0.528. The predicted molar refractivity (Wildman–Crippen MR) is 103 cm³/mol. The molecule has 0 saturated carbocycles. The standard InChI is InChI=1S/C19H14ClFN4S/c20-14-3-7-16(8-4-14)25-17(13-1-5-15(21)6-2-13)11-24(19(25)26)12-18-22-9-10-23-18/h1-11H,12H2,(H,22,23). The molecule has 0 unspecified atom stereocenters. The lowest BCUT2D eigenvalue weighted by Gasteiger charge is -2.09. The number of nitrogens with zero attached hydrogens (tertiary/aromatic N) is 3. The molecule has 0 aliphatic heterocycles. The van der Waals surface area contributed by atoms with E-state index in [1.165, 1.54) is 12.1 Å². The van der Waals surface area contributed by atoms with E-state index in [-0.39, 0.29) is 5.82 Å². The highest BCUT2D eigenvalue weighted by Crippen LogP contribution is 2.26. The Kier molecular flexibility index (Phi) is 4.44. The van der Waals surface area contributed by atoms with Crippen molar-refractivity contribution in [2.75, 3.05) is 0 Å². The third-order valence-electron chi connectivity index (χ3n) is 4.06. The van der Waals surface area contributed by atoms with Crippen LogP contribution in [0.4, 0.5) is 4.39 Å². The normalized spacial score (nSPS) is 11.0. The lowest BCUT2D eigenvalue weighted by Crippen LogP contribution is -2.02. The van der Waals surface area contributed by atoms with Crippen LogP contribution in [0.2, 0.25) is 5.02 Å². The Morgan fingerprint density at radius 3 is 2.46 bits per heavy atom. The second-order valence-corrected chi connectivity index (χ2v) is 6.58. The molecule has 1 N–H and O–H groups in total. The van der Waals surface area contributed by atoms with Crippen molar-refractivity contribution in [3.8, 4) is 16.9 Å². The molecule has 0 amide bonds. The number of benzene rings is 2. The topological polar surface area (TPSA) is 38.5 Å². The van der Waals surface area contributed by atoms with Gasteiger partial charge in [-0.25, -0.2) is 9.37 Å². The van der Waals surface area contributed by atoms with E-state index in [1.807, 2.05) is 39.6 Å². The molecule has 130 valence electrons. The molecule has 0 bridgehead atoms. The summed E-state index contributed by atoms with van der Waals surface area (Å²) < 4.78 is 17.8. The summed E-state index contributed by atoms with van der Waals surface area (Å²) in [6, 6.07) is 13.8. The van der Waals surface area contributed by atoms with E-state index in [0.29, 0.717) is 16.3 Å². The van der Waals surface area contributed by atoms with E-state index in [4.69, 9.17) is 23.8 Å². The third kappa shape index (κ3) is 3.21. The van der Waals surface area contributed by atoms with Gasteiger partial charge in [0.1, 0.15) is 11.6 Å². The quantitative estimate of drug-likeness (QED) is 0.489. The van der Waals surface area contributed by atoms with Gasteiger partial charge in [0, 0.05) is 34.9 Å². The number of hydrogen-bond acceptors (Lipinski definition) is 2. The highest BCUT2D eigenvalue weighted by atomic mass is 35.5. The second-order valence-electron chi connectivity index (χ2n) is 5.78. The van der Waals surface area contributed by atoms with E-state index in [0.717, 1.165) is 22.8 Å². The summed E-state index contributed by atoms with van der Waals surface area (Å²) in [7, 11) is 0. The summed E-state index contributed by atoms with van der Waals surface area (Å²) in [6.45, 7) is 0.515. The highest BCUT2D eigenvalue weighted by Gasteiger charge is 2.13. The Hall–Kier alpha value is -2.70. The molecule has 0 fully saturated rings. The molecule has 0 spiro atoms. The van der Waals surface area contributed by atoms with Crippen molar-refractivity contribution in [2.24, 2.45) is 0 Å². The average Bonchev–Trinajstić information content (AvgIpc) is 3.26. The molecule has 4 aromatic rings. The molecular formula is C19H14ClFN4S. The zero-order valence-electron chi connectivity index (χ0n) is 13.6. The van der Waals surface area contributed by atoms with Crippen molar-refractivity contribution in [3.05, 3.63) is 88.6 Å². The molecule has 0 atom stereocenters. The van der Waals surface area contributed by atoms with Crippen molar-refractivity contribution >= 4 is 23.8 Å². The predicted octanol–water partition coefficient (Wildman–Crippen LogP) is 5.24. The fourth-order valence-electron chi connectivity index (χ4n) is 2.82. The third-order valence-corrected chi connectivity index (χ3v) is 4.72. The molecule has 2 aromatic heterocycles. The fourth-order valence-corrected chi connectivity index (χ4v) is 3.26. The molecule has 4 rings (SSSR count). The first-order chi connectivity index (χ1) is 12.6. The van der Waals surface area contributed by atoms with Crippen LogP contribution in [0.3, 0.4) is 0 Å². The number of aromatic nitrogens is 4. The van der Waals surface area contributed by atoms with Crippen LogP contribution < -0.4 is 0 Å². The molecular weight excluding hydrogens is 371 g/mol. The molecule has 7 heteroatoms. The van der Waals surface area contributed by atoms with Crippen molar-refractivity contribution in [3.63, 3.8) is 0 Å². The number of aromatic amines is 1. The van der Waals surface area contributed by atoms with Gasteiger partial charge in [-0.05, 0) is 60.7 Å². The average molecular weight is 385 g/mol. The highest BCUT2D eigenvalue weighted by molar-refractivity contribution is 7.71. The summed E-state index contributed by atoms with van der Waals surface area (Å²) in [5.41, 5.74) is 2.62. The van der Waals surface area contributed by atoms with Crippen LogP contribution in [-0.4, -0.2) is 19.1 Å². The van der Waals surface area contributed by atoms with E-state index in [2.05, 4.69) is 9.97 Å². The Bertz CT molecular complexity index is 1080. The van der Waals surface area contributed by atoms with Crippen molar-refractivity contribution in [1.82, 2.24) is 19.1 Å². The molecule has 26 heavy (non-hydrogen) atoms. The Labute approximate surface area is 159 Å². The van der Waals surface area contributed by atoms with Gasteiger partial charge in [-0.1, -0.05) is 11.6 Å². The number of nitrogens with one attached hydrogen (secondary N) is 1. The minimum Gasteiger partial charge on any atom is -0.347 e. The van der Waals surface area contributed by atoms with Crippen molar-refractivity contribution in [2.45, 2.75) is 6.54 Å². The Morgan fingerprint density at radius 2 is 1.81 bits per heavy atom. The fraction of sp³-hybridized carbons (Fsp3) is 0.0526. The van der Waals surface area contributed by atoms with Gasteiger partial charge in [0.2, 0.25) is 0 Å². The summed E-state index contributed by atoms with van der Waals surface area (Å²) in [6.07, 6.45) is 5.43. The molecule has 4 nitrogen and oxygen atoms in total. The molecule has 0 radical (unpaired) electrons. The van der Waals surface area contributed by atoms with Crippen molar-refractivity contribution in [1.29, 1.82) is 0 Å². The minimum absolute atomic E-state index is 0.277. The molecule has 0 aliphatic rings. The van der Waals surface area contributed by atoms with Gasteiger partial charge in [-0.2, -0.15) is 0 Å². The van der Waals surface area contributed by atoms with E-state index in [9.17, 15) is 4.39 Å². The maximum absolute atomic E-state index is 13.3. The van der Waals surface area contributed by atoms with Crippen molar-refractivity contribution < 1.29 is 4.39 Å².